The number of nitrogens with zero attached hydrogens (tertiary/aromatic N) is 3. The molecule has 0 saturated carbocycles. The molecule has 2 heterocycles. The van der Waals surface area contributed by atoms with Crippen molar-refractivity contribution >= 4 is 5.91 Å². The third-order valence-corrected chi connectivity index (χ3v) is 6.09. The van der Waals surface area contributed by atoms with Crippen molar-refractivity contribution in [2.75, 3.05) is 60.0 Å². The second-order valence-electron chi connectivity index (χ2n) is 8.45. The van der Waals surface area contributed by atoms with Gasteiger partial charge in [-0.2, -0.15) is 0 Å². The molecule has 0 bridgehead atoms. The predicted molar refractivity (Wildman–Crippen MR) is 109 cm³/mol. The maximum atomic E-state index is 12.8. The minimum atomic E-state index is 0.271. The van der Waals surface area contributed by atoms with Crippen LogP contribution in [0.2, 0.25) is 0 Å². The van der Waals surface area contributed by atoms with Crippen LogP contribution in [0, 0.1) is 5.41 Å². The van der Waals surface area contributed by atoms with Gasteiger partial charge < -0.3 is 9.64 Å². The molecule has 0 aromatic heterocycles. The maximum absolute atomic E-state index is 12.8. The molecule has 1 spiro atoms. The van der Waals surface area contributed by atoms with E-state index in [9.17, 15) is 4.79 Å². The van der Waals surface area contributed by atoms with Crippen LogP contribution in [-0.2, 0) is 16.1 Å². The van der Waals surface area contributed by atoms with Gasteiger partial charge in [0.15, 0.2) is 0 Å². The standard InChI is InChI=1S/C22H35N3O2/c1-23(14-15-27-2)17-21(26)25-13-7-11-22(19-25)10-6-12-24(18-22)16-20-8-4-3-5-9-20/h3-5,8-9H,6-7,10-19H2,1-2H3/t22-/m0/s1. The fourth-order valence-corrected chi connectivity index (χ4v) is 4.70. The maximum Gasteiger partial charge on any atom is 0.236 e. The lowest BCUT2D eigenvalue weighted by Gasteiger charge is -2.48. The lowest BCUT2D eigenvalue weighted by Crippen LogP contribution is -2.54. The molecule has 2 aliphatic rings. The lowest BCUT2D eigenvalue weighted by atomic mass is 9.73. The fraction of sp³-hybridized carbons (Fsp3) is 0.682. The summed E-state index contributed by atoms with van der Waals surface area (Å²) in [6.07, 6.45) is 4.87. The molecule has 2 aliphatic heterocycles. The number of ether oxygens (including phenoxy) is 1. The third-order valence-electron chi connectivity index (χ3n) is 6.09. The van der Waals surface area contributed by atoms with Crippen molar-refractivity contribution in [3.63, 3.8) is 0 Å². The van der Waals surface area contributed by atoms with Crippen LogP contribution in [0.3, 0.4) is 0 Å². The highest BCUT2D eigenvalue weighted by Crippen LogP contribution is 2.38. The summed E-state index contributed by atoms with van der Waals surface area (Å²) in [5.74, 6) is 0.271. The van der Waals surface area contributed by atoms with Gasteiger partial charge >= 0.3 is 0 Å². The van der Waals surface area contributed by atoms with E-state index in [1.807, 2.05) is 7.05 Å². The minimum Gasteiger partial charge on any atom is -0.383 e. The van der Waals surface area contributed by atoms with Crippen molar-refractivity contribution in [2.24, 2.45) is 5.41 Å². The van der Waals surface area contributed by atoms with E-state index >= 15 is 0 Å². The molecule has 1 amide bonds. The molecule has 2 saturated heterocycles. The van der Waals surface area contributed by atoms with Gasteiger partial charge in [0.2, 0.25) is 5.91 Å². The Hall–Kier alpha value is -1.43. The highest BCUT2D eigenvalue weighted by atomic mass is 16.5. The van der Waals surface area contributed by atoms with E-state index in [2.05, 4.69) is 45.0 Å². The van der Waals surface area contributed by atoms with Crippen molar-refractivity contribution in [2.45, 2.75) is 32.2 Å². The van der Waals surface area contributed by atoms with E-state index in [1.54, 1.807) is 7.11 Å². The Morgan fingerprint density at radius 2 is 1.89 bits per heavy atom. The Kier molecular flexibility index (Phi) is 7.27. The molecule has 0 N–H and O–H groups in total. The zero-order valence-electron chi connectivity index (χ0n) is 17.0. The minimum absolute atomic E-state index is 0.271. The summed E-state index contributed by atoms with van der Waals surface area (Å²) in [7, 11) is 3.70. The van der Waals surface area contributed by atoms with Gasteiger partial charge in [-0.15, -0.1) is 0 Å². The van der Waals surface area contributed by atoms with Gasteiger partial charge in [-0.1, -0.05) is 30.3 Å². The number of carbonyl (C=O) groups excluding carboxylic acids is 1. The lowest BCUT2D eigenvalue weighted by molar-refractivity contribution is -0.137. The second-order valence-corrected chi connectivity index (χ2v) is 8.45. The third kappa shape index (κ3) is 5.77. The normalized spacial score (nSPS) is 23.9. The van der Waals surface area contributed by atoms with Crippen LogP contribution in [0.4, 0.5) is 0 Å². The SMILES string of the molecule is COCCN(C)CC(=O)N1CCC[C@]2(CCCN(Cc3ccccc3)C2)C1. The molecule has 1 atom stereocenters. The Morgan fingerprint density at radius 3 is 2.63 bits per heavy atom. The molecule has 0 unspecified atom stereocenters. The molecule has 1 aromatic rings. The fourth-order valence-electron chi connectivity index (χ4n) is 4.70. The average molecular weight is 374 g/mol. The van der Waals surface area contributed by atoms with E-state index in [1.165, 1.54) is 31.4 Å². The first-order chi connectivity index (χ1) is 13.1. The van der Waals surface area contributed by atoms with Crippen LogP contribution >= 0.6 is 0 Å². The Bertz CT molecular complexity index is 590. The van der Waals surface area contributed by atoms with Crippen LogP contribution in [0.1, 0.15) is 31.2 Å². The van der Waals surface area contributed by atoms with Crippen LogP contribution in [0.15, 0.2) is 30.3 Å². The van der Waals surface area contributed by atoms with E-state index in [0.29, 0.717) is 13.2 Å². The molecule has 5 nitrogen and oxygen atoms in total. The van der Waals surface area contributed by atoms with Gasteiger partial charge in [0, 0.05) is 45.2 Å². The number of rotatable bonds is 7. The summed E-state index contributed by atoms with van der Waals surface area (Å²) in [4.78, 5) is 19.6. The van der Waals surface area contributed by atoms with Crippen LogP contribution < -0.4 is 0 Å². The summed E-state index contributed by atoms with van der Waals surface area (Å²) < 4.78 is 5.12. The number of likely N-dealkylation sites (N-methyl/N-ethyl adjacent to an activating group) is 1. The smallest absolute Gasteiger partial charge is 0.236 e. The molecule has 3 rings (SSSR count). The van der Waals surface area contributed by atoms with Gasteiger partial charge in [0.1, 0.15) is 0 Å². The zero-order chi connectivity index (χ0) is 19.1. The van der Waals surface area contributed by atoms with Crippen LogP contribution in [-0.4, -0.2) is 80.6 Å². The largest absolute Gasteiger partial charge is 0.383 e. The van der Waals surface area contributed by atoms with Crippen molar-refractivity contribution in [3.8, 4) is 0 Å². The Labute approximate surface area is 164 Å². The van der Waals surface area contributed by atoms with Crippen molar-refractivity contribution in [3.05, 3.63) is 35.9 Å². The monoisotopic (exact) mass is 373 g/mol. The number of amides is 1. The van der Waals surface area contributed by atoms with E-state index in [4.69, 9.17) is 4.74 Å². The van der Waals surface area contributed by atoms with Crippen molar-refractivity contribution < 1.29 is 9.53 Å². The highest BCUT2D eigenvalue weighted by molar-refractivity contribution is 5.78. The van der Waals surface area contributed by atoms with Gasteiger partial charge in [-0.25, -0.2) is 0 Å². The number of benzene rings is 1. The molecule has 1 aromatic carbocycles. The first-order valence-corrected chi connectivity index (χ1v) is 10.3. The number of methoxy groups -OCH3 is 1. The number of piperidine rings is 2. The molecule has 0 aliphatic carbocycles. The Balaban J connectivity index is 1.56. The first kappa shape index (κ1) is 20.3. The van der Waals surface area contributed by atoms with Gasteiger partial charge in [-0.3, -0.25) is 14.6 Å². The molecular weight excluding hydrogens is 338 g/mol. The van der Waals surface area contributed by atoms with Crippen LogP contribution in [0.25, 0.3) is 0 Å². The molecule has 150 valence electrons. The number of likely N-dealkylation sites (tertiary alicyclic amines) is 2. The van der Waals surface area contributed by atoms with Crippen LogP contribution in [0.5, 0.6) is 0 Å². The molecular formula is C22H35N3O2. The average Bonchev–Trinajstić information content (AvgIpc) is 2.67. The molecule has 5 heteroatoms. The number of hydrogen-bond acceptors (Lipinski definition) is 4. The number of hydrogen-bond donors (Lipinski definition) is 0. The van der Waals surface area contributed by atoms with Gasteiger partial charge in [-0.05, 0) is 44.8 Å². The summed E-state index contributed by atoms with van der Waals surface area (Å²) in [5, 5.41) is 0. The summed E-state index contributed by atoms with van der Waals surface area (Å²) in [6, 6.07) is 10.8. The second kappa shape index (κ2) is 9.67. The Morgan fingerprint density at radius 1 is 1.15 bits per heavy atom. The van der Waals surface area contributed by atoms with Crippen molar-refractivity contribution in [1.82, 2.24) is 14.7 Å². The quantitative estimate of drug-likeness (QED) is 0.736. The summed E-state index contributed by atoms with van der Waals surface area (Å²) in [5.41, 5.74) is 1.67. The summed E-state index contributed by atoms with van der Waals surface area (Å²) in [6.45, 7) is 7.11. The first-order valence-electron chi connectivity index (χ1n) is 10.3. The molecule has 2 fully saturated rings. The predicted octanol–water partition coefficient (Wildman–Crippen LogP) is 2.47. The topological polar surface area (TPSA) is 36.0 Å². The zero-order valence-corrected chi connectivity index (χ0v) is 17.0. The van der Waals surface area contributed by atoms with Gasteiger partial charge in [0.25, 0.3) is 0 Å². The number of carbonyl (C=O) groups is 1. The van der Waals surface area contributed by atoms with Gasteiger partial charge in [0.05, 0.1) is 13.2 Å². The molecule has 27 heavy (non-hydrogen) atoms. The summed E-state index contributed by atoms with van der Waals surface area (Å²) >= 11 is 0. The van der Waals surface area contributed by atoms with E-state index < -0.39 is 0 Å². The molecule has 0 radical (unpaired) electrons. The van der Waals surface area contributed by atoms with Crippen molar-refractivity contribution in [1.29, 1.82) is 0 Å². The van der Waals surface area contributed by atoms with E-state index in [0.717, 1.165) is 39.1 Å². The highest BCUT2D eigenvalue weighted by Gasteiger charge is 2.40. The van der Waals surface area contributed by atoms with E-state index in [-0.39, 0.29) is 11.3 Å².